The van der Waals surface area contributed by atoms with Gasteiger partial charge in [-0.15, -0.1) is 0 Å². The molecule has 4 rings (SSSR count). The van der Waals surface area contributed by atoms with Crippen LogP contribution < -0.4 is 0 Å². The molecule has 0 aliphatic carbocycles. The Morgan fingerprint density at radius 3 is 2.21 bits per heavy atom. The normalized spacial score (nSPS) is 11.8. The van der Waals surface area contributed by atoms with Gasteiger partial charge in [0.05, 0.1) is 16.6 Å². The molecule has 2 heterocycles. The van der Waals surface area contributed by atoms with Crippen molar-refractivity contribution in [3.8, 4) is 0 Å². The molecule has 146 valence electrons. The second-order valence-corrected chi connectivity index (χ2v) is 8.03. The third-order valence-corrected chi connectivity index (χ3v) is 5.74. The van der Waals surface area contributed by atoms with Crippen LogP contribution in [0.5, 0.6) is 0 Å². The van der Waals surface area contributed by atoms with Gasteiger partial charge in [-0.05, 0) is 37.6 Å². The van der Waals surface area contributed by atoms with E-state index >= 15 is 0 Å². The number of unbranched alkanes of at least 4 members (excludes halogenated alkanes) is 7. The predicted octanol–water partition coefficient (Wildman–Crippen LogP) is 7.19. The molecular weight excluding hydrogens is 342 g/mol. The minimum atomic E-state index is 0.975. The molecule has 0 unspecified atom stereocenters. The molecule has 0 spiro atoms. The summed E-state index contributed by atoms with van der Waals surface area (Å²) in [7, 11) is 0. The molecule has 0 saturated carbocycles. The van der Waals surface area contributed by atoms with Gasteiger partial charge in [0.1, 0.15) is 5.52 Å². The average molecular weight is 374 g/mol. The Hall–Kier alpha value is -2.42. The zero-order valence-electron chi connectivity index (χ0n) is 17.2. The maximum absolute atomic E-state index is 4.99. The topological polar surface area (TPSA) is 30.7 Å². The van der Waals surface area contributed by atoms with Gasteiger partial charge < -0.3 is 4.57 Å². The van der Waals surface area contributed by atoms with Crippen molar-refractivity contribution in [2.45, 2.75) is 71.8 Å². The van der Waals surface area contributed by atoms with Crippen molar-refractivity contribution in [3.05, 3.63) is 48.0 Å². The van der Waals surface area contributed by atoms with E-state index in [9.17, 15) is 0 Å². The van der Waals surface area contributed by atoms with Crippen LogP contribution in [0.2, 0.25) is 0 Å². The van der Waals surface area contributed by atoms with Gasteiger partial charge in [0.15, 0.2) is 5.65 Å². The quantitative estimate of drug-likeness (QED) is 0.291. The van der Waals surface area contributed by atoms with E-state index in [0.717, 1.165) is 28.7 Å². The zero-order valence-corrected chi connectivity index (χ0v) is 17.2. The summed E-state index contributed by atoms with van der Waals surface area (Å²) in [6.45, 7) is 5.44. The molecule has 4 aromatic rings. The van der Waals surface area contributed by atoms with Crippen molar-refractivity contribution in [1.29, 1.82) is 0 Å². The molecule has 3 nitrogen and oxygen atoms in total. The summed E-state index contributed by atoms with van der Waals surface area (Å²) in [6.07, 6.45) is 10.7. The third-order valence-electron chi connectivity index (χ3n) is 5.74. The van der Waals surface area contributed by atoms with Crippen LogP contribution in [0.25, 0.3) is 33.1 Å². The van der Waals surface area contributed by atoms with E-state index in [1.807, 2.05) is 12.1 Å². The minimum Gasteiger partial charge on any atom is -0.324 e. The summed E-state index contributed by atoms with van der Waals surface area (Å²) < 4.78 is 2.39. The summed E-state index contributed by atoms with van der Waals surface area (Å²) in [5.74, 6) is 0. The van der Waals surface area contributed by atoms with Crippen molar-refractivity contribution >= 4 is 33.1 Å². The highest BCUT2D eigenvalue weighted by atomic mass is 15.1. The van der Waals surface area contributed by atoms with E-state index < -0.39 is 0 Å². The minimum absolute atomic E-state index is 0.975. The number of aryl methyl sites for hydroxylation is 2. The zero-order chi connectivity index (χ0) is 19.3. The van der Waals surface area contributed by atoms with Crippen LogP contribution in [0.3, 0.4) is 0 Å². The Morgan fingerprint density at radius 1 is 0.786 bits per heavy atom. The Morgan fingerprint density at radius 2 is 1.46 bits per heavy atom. The van der Waals surface area contributed by atoms with E-state index in [4.69, 9.17) is 9.97 Å². The Balaban J connectivity index is 1.58. The van der Waals surface area contributed by atoms with Crippen molar-refractivity contribution < 1.29 is 0 Å². The number of hydrogen-bond donors (Lipinski definition) is 0. The second kappa shape index (κ2) is 8.72. The van der Waals surface area contributed by atoms with Crippen LogP contribution in [0, 0.1) is 6.92 Å². The second-order valence-electron chi connectivity index (χ2n) is 8.03. The van der Waals surface area contributed by atoms with Crippen LogP contribution >= 0.6 is 0 Å². The van der Waals surface area contributed by atoms with Gasteiger partial charge in [-0.1, -0.05) is 75.6 Å². The summed E-state index contributed by atoms with van der Waals surface area (Å²) in [4.78, 5) is 9.96. The summed E-state index contributed by atoms with van der Waals surface area (Å²) in [5.41, 5.74) is 6.56. The lowest BCUT2D eigenvalue weighted by atomic mass is 10.1. The fraction of sp³-hybridized carbons (Fsp3) is 0.440. The highest BCUT2D eigenvalue weighted by Crippen LogP contribution is 2.29. The number of aromatic nitrogens is 3. The van der Waals surface area contributed by atoms with Crippen molar-refractivity contribution in [1.82, 2.24) is 14.5 Å². The number of nitrogens with zero attached hydrogens (tertiary/aromatic N) is 3. The number of benzene rings is 2. The van der Waals surface area contributed by atoms with Gasteiger partial charge in [0.25, 0.3) is 0 Å². The van der Waals surface area contributed by atoms with Gasteiger partial charge in [0, 0.05) is 11.9 Å². The molecule has 2 aromatic carbocycles. The lowest BCUT2D eigenvalue weighted by molar-refractivity contribution is 0.552. The molecule has 0 aliphatic rings. The third kappa shape index (κ3) is 3.89. The predicted molar refractivity (Wildman–Crippen MR) is 120 cm³/mol. The Bertz CT molecular complexity index is 1080. The van der Waals surface area contributed by atoms with E-state index in [2.05, 4.69) is 48.7 Å². The maximum atomic E-state index is 4.99. The average Bonchev–Trinajstić information content (AvgIpc) is 3.00. The van der Waals surface area contributed by atoms with Crippen LogP contribution in [-0.4, -0.2) is 14.5 Å². The van der Waals surface area contributed by atoms with Crippen LogP contribution in [0.15, 0.2) is 42.5 Å². The first-order valence-electron chi connectivity index (χ1n) is 10.9. The first kappa shape index (κ1) is 18.9. The molecule has 0 saturated heterocycles. The number of fused-ring (bicyclic) bond motifs is 4. The fourth-order valence-electron chi connectivity index (χ4n) is 4.18. The number of para-hydroxylation sites is 2. The summed E-state index contributed by atoms with van der Waals surface area (Å²) in [6, 6.07) is 14.9. The molecule has 2 aromatic heterocycles. The smallest absolute Gasteiger partial charge is 0.160 e. The van der Waals surface area contributed by atoms with Gasteiger partial charge in [-0.3, -0.25) is 0 Å². The van der Waals surface area contributed by atoms with Crippen molar-refractivity contribution in [2.75, 3.05) is 0 Å². The molecule has 3 heteroatoms. The lowest BCUT2D eigenvalue weighted by Gasteiger charge is -2.07. The SMILES string of the molecule is CCCCCCCCCCn1c2ccc(C)cc2c2nc3ccccc3nc21. The Labute approximate surface area is 167 Å². The standard InChI is InChI=1S/C25H31N3/c1-3-4-5-6-7-8-9-12-17-28-23-16-15-19(2)18-20(23)24-25(28)27-22-14-11-10-13-21(22)26-24/h10-11,13-16,18H,3-9,12,17H2,1-2H3. The molecule has 28 heavy (non-hydrogen) atoms. The van der Waals surface area contributed by atoms with Gasteiger partial charge in [-0.25, -0.2) is 9.97 Å². The van der Waals surface area contributed by atoms with E-state index in [1.165, 1.54) is 67.8 Å². The lowest BCUT2D eigenvalue weighted by Crippen LogP contribution is -2.00. The highest BCUT2D eigenvalue weighted by Gasteiger charge is 2.14. The molecule has 0 atom stereocenters. The molecule has 0 radical (unpaired) electrons. The molecule has 0 bridgehead atoms. The Kier molecular flexibility index (Phi) is 5.90. The molecule has 0 fully saturated rings. The van der Waals surface area contributed by atoms with Gasteiger partial charge in [0.2, 0.25) is 0 Å². The molecule has 0 amide bonds. The first-order valence-corrected chi connectivity index (χ1v) is 10.9. The summed E-state index contributed by atoms with van der Waals surface area (Å²) >= 11 is 0. The van der Waals surface area contributed by atoms with E-state index in [1.54, 1.807) is 0 Å². The van der Waals surface area contributed by atoms with Crippen LogP contribution in [-0.2, 0) is 6.54 Å². The first-order chi connectivity index (χ1) is 13.8. The fourth-order valence-corrected chi connectivity index (χ4v) is 4.18. The molecular formula is C25H31N3. The molecule has 0 N–H and O–H groups in total. The maximum Gasteiger partial charge on any atom is 0.160 e. The van der Waals surface area contributed by atoms with Crippen molar-refractivity contribution in [2.24, 2.45) is 0 Å². The van der Waals surface area contributed by atoms with Crippen LogP contribution in [0.4, 0.5) is 0 Å². The van der Waals surface area contributed by atoms with E-state index in [-0.39, 0.29) is 0 Å². The number of hydrogen-bond acceptors (Lipinski definition) is 2. The monoisotopic (exact) mass is 373 g/mol. The van der Waals surface area contributed by atoms with Crippen molar-refractivity contribution in [3.63, 3.8) is 0 Å². The van der Waals surface area contributed by atoms with Gasteiger partial charge >= 0.3 is 0 Å². The largest absolute Gasteiger partial charge is 0.324 e. The van der Waals surface area contributed by atoms with E-state index in [0.29, 0.717) is 0 Å². The highest BCUT2D eigenvalue weighted by molar-refractivity contribution is 6.06. The van der Waals surface area contributed by atoms with Gasteiger partial charge in [-0.2, -0.15) is 0 Å². The summed E-state index contributed by atoms with van der Waals surface area (Å²) in [5, 5.41) is 1.23. The number of rotatable bonds is 9. The molecule has 0 aliphatic heterocycles. The van der Waals surface area contributed by atoms with Crippen LogP contribution in [0.1, 0.15) is 63.9 Å².